The molecule has 0 spiro atoms. The Kier molecular flexibility index (Phi) is 6.20. The summed E-state index contributed by atoms with van der Waals surface area (Å²) in [4.78, 5) is 26.3. The zero-order chi connectivity index (χ0) is 23.3. The number of hydrogen-bond donors (Lipinski definition) is 2. The molecule has 2 N–H and O–H groups in total. The van der Waals surface area contributed by atoms with E-state index in [0.717, 1.165) is 30.6 Å². The summed E-state index contributed by atoms with van der Waals surface area (Å²) in [6, 6.07) is 18.8. The molecular formula is C26H26N6O2. The molecule has 2 atom stereocenters. The summed E-state index contributed by atoms with van der Waals surface area (Å²) in [5, 5.41) is 14.7. The minimum absolute atomic E-state index is 0.0611. The number of nitrogens with one attached hydrogen (secondary N) is 2. The lowest BCUT2D eigenvalue weighted by Crippen LogP contribution is -2.33. The van der Waals surface area contributed by atoms with Crippen LogP contribution in [0.3, 0.4) is 0 Å². The average molecular weight is 455 g/mol. The molecule has 1 aliphatic carbocycles. The van der Waals surface area contributed by atoms with Crippen LogP contribution in [0.25, 0.3) is 11.4 Å². The van der Waals surface area contributed by atoms with Crippen LogP contribution < -0.4 is 10.6 Å². The molecule has 0 bridgehead atoms. The standard InChI is InChI=1S/C26H26N6O2/c33-25(29-21-10-1-3-12-23(21)31-16-6-14-27-31)19-8-5-9-20(18-19)26(34)30-22-11-2-4-13-24(22)32-17-7-15-28-32/h1-4,6-7,10-17,19-20H,5,8-9,18H2,(H,29,33)(H,30,34). The molecule has 4 aromatic rings. The van der Waals surface area contributed by atoms with Crippen molar-refractivity contribution in [3.05, 3.63) is 85.5 Å². The molecule has 1 fully saturated rings. The SMILES string of the molecule is O=C(Nc1ccccc1-n1cccn1)C1CCCC(C(=O)Nc2ccccc2-n2cccn2)C1. The molecule has 2 aromatic heterocycles. The molecule has 1 aliphatic rings. The zero-order valence-electron chi connectivity index (χ0n) is 18.7. The molecule has 2 unspecified atom stereocenters. The molecule has 8 heteroatoms. The Morgan fingerprint density at radius 1 is 0.706 bits per heavy atom. The number of aromatic nitrogens is 4. The topological polar surface area (TPSA) is 93.8 Å². The van der Waals surface area contributed by atoms with Gasteiger partial charge in [-0.1, -0.05) is 30.7 Å². The average Bonchev–Trinajstić information content (AvgIpc) is 3.60. The van der Waals surface area contributed by atoms with Crippen molar-refractivity contribution in [1.82, 2.24) is 19.6 Å². The van der Waals surface area contributed by atoms with Crippen LogP contribution in [0.5, 0.6) is 0 Å². The highest BCUT2D eigenvalue weighted by atomic mass is 16.2. The van der Waals surface area contributed by atoms with Gasteiger partial charge in [0.2, 0.25) is 11.8 Å². The van der Waals surface area contributed by atoms with Crippen molar-refractivity contribution in [2.75, 3.05) is 10.6 Å². The molecule has 0 radical (unpaired) electrons. The van der Waals surface area contributed by atoms with Gasteiger partial charge in [-0.2, -0.15) is 10.2 Å². The first-order valence-corrected chi connectivity index (χ1v) is 11.5. The van der Waals surface area contributed by atoms with E-state index in [-0.39, 0.29) is 23.7 Å². The zero-order valence-corrected chi connectivity index (χ0v) is 18.7. The highest BCUT2D eigenvalue weighted by molar-refractivity contribution is 5.97. The van der Waals surface area contributed by atoms with E-state index in [1.807, 2.05) is 73.1 Å². The maximum absolute atomic E-state index is 13.1. The van der Waals surface area contributed by atoms with Gasteiger partial charge in [-0.25, -0.2) is 9.36 Å². The summed E-state index contributed by atoms with van der Waals surface area (Å²) >= 11 is 0. The molecule has 8 nitrogen and oxygen atoms in total. The van der Waals surface area contributed by atoms with Gasteiger partial charge in [0.25, 0.3) is 0 Å². The Labute approximate surface area is 197 Å². The van der Waals surface area contributed by atoms with Crippen LogP contribution in [0.2, 0.25) is 0 Å². The summed E-state index contributed by atoms with van der Waals surface area (Å²) in [7, 11) is 0. The van der Waals surface area contributed by atoms with Crippen LogP contribution in [0, 0.1) is 11.8 Å². The molecule has 2 amide bonds. The van der Waals surface area contributed by atoms with Gasteiger partial charge in [0.15, 0.2) is 0 Å². The number of carbonyl (C=O) groups is 2. The molecule has 172 valence electrons. The quantitative estimate of drug-likeness (QED) is 0.450. The molecule has 5 rings (SSSR count). The summed E-state index contributed by atoms with van der Waals surface area (Å²) in [5.74, 6) is -0.573. The molecule has 34 heavy (non-hydrogen) atoms. The van der Waals surface area contributed by atoms with Crippen LogP contribution >= 0.6 is 0 Å². The Hall–Kier alpha value is -4.20. The van der Waals surface area contributed by atoms with E-state index in [9.17, 15) is 9.59 Å². The van der Waals surface area contributed by atoms with E-state index in [2.05, 4.69) is 20.8 Å². The van der Waals surface area contributed by atoms with E-state index < -0.39 is 0 Å². The van der Waals surface area contributed by atoms with E-state index in [1.165, 1.54) is 0 Å². The van der Waals surface area contributed by atoms with Gasteiger partial charge in [-0.15, -0.1) is 0 Å². The van der Waals surface area contributed by atoms with Crippen LogP contribution in [0.15, 0.2) is 85.5 Å². The van der Waals surface area contributed by atoms with E-state index in [0.29, 0.717) is 17.8 Å². The molecule has 0 saturated heterocycles. The van der Waals surface area contributed by atoms with Gasteiger partial charge in [0.05, 0.1) is 22.7 Å². The minimum Gasteiger partial charge on any atom is -0.324 e. The van der Waals surface area contributed by atoms with Crippen molar-refractivity contribution in [2.24, 2.45) is 11.8 Å². The van der Waals surface area contributed by atoms with E-state index in [4.69, 9.17) is 0 Å². The Bertz CT molecular complexity index is 1170. The normalized spacial score (nSPS) is 17.8. The highest BCUT2D eigenvalue weighted by Crippen LogP contribution is 2.32. The predicted octanol–water partition coefficient (Wildman–Crippen LogP) is 4.44. The Morgan fingerprint density at radius 3 is 1.62 bits per heavy atom. The predicted molar refractivity (Wildman–Crippen MR) is 130 cm³/mol. The van der Waals surface area contributed by atoms with Crippen molar-refractivity contribution in [3.63, 3.8) is 0 Å². The number of rotatable bonds is 6. The number of hydrogen-bond acceptors (Lipinski definition) is 4. The van der Waals surface area contributed by atoms with Crippen molar-refractivity contribution >= 4 is 23.2 Å². The van der Waals surface area contributed by atoms with Crippen LogP contribution in [0.4, 0.5) is 11.4 Å². The lowest BCUT2D eigenvalue weighted by atomic mass is 9.80. The summed E-state index contributed by atoms with van der Waals surface area (Å²) in [5.41, 5.74) is 3.02. The monoisotopic (exact) mass is 454 g/mol. The Balaban J connectivity index is 1.26. The first-order valence-electron chi connectivity index (χ1n) is 11.5. The van der Waals surface area contributed by atoms with E-state index >= 15 is 0 Å². The number of para-hydroxylation sites is 4. The van der Waals surface area contributed by atoms with Gasteiger partial charge in [0, 0.05) is 36.6 Å². The number of anilines is 2. The first-order chi connectivity index (χ1) is 16.7. The summed E-state index contributed by atoms with van der Waals surface area (Å²) in [6.45, 7) is 0. The van der Waals surface area contributed by atoms with E-state index in [1.54, 1.807) is 21.8 Å². The van der Waals surface area contributed by atoms with Gasteiger partial charge < -0.3 is 10.6 Å². The number of carbonyl (C=O) groups excluding carboxylic acids is 2. The largest absolute Gasteiger partial charge is 0.324 e. The van der Waals surface area contributed by atoms with Crippen molar-refractivity contribution < 1.29 is 9.59 Å². The van der Waals surface area contributed by atoms with Gasteiger partial charge in [0.1, 0.15) is 0 Å². The maximum atomic E-state index is 13.1. The van der Waals surface area contributed by atoms with Crippen molar-refractivity contribution in [3.8, 4) is 11.4 Å². The third kappa shape index (κ3) is 4.61. The summed E-state index contributed by atoms with van der Waals surface area (Å²) in [6.07, 6.45) is 9.97. The fraction of sp³-hybridized carbons (Fsp3) is 0.231. The van der Waals surface area contributed by atoms with Crippen LogP contribution in [-0.2, 0) is 9.59 Å². The minimum atomic E-state index is -0.225. The van der Waals surface area contributed by atoms with Crippen LogP contribution in [0.1, 0.15) is 25.7 Å². The second-order valence-electron chi connectivity index (χ2n) is 8.47. The molecule has 1 saturated carbocycles. The third-order valence-electron chi connectivity index (χ3n) is 6.24. The third-order valence-corrected chi connectivity index (χ3v) is 6.24. The lowest BCUT2D eigenvalue weighted by molar-refractivity contribution is -0.124. The van der Waals surface area contributed by atoms with Gasteiger partial charge >= 0.3 is 0 Å². The fourth-order valence-electron chi connectivity index (χ4n) is 4.52. The first kappa shape index (κ1) is 21.6. The number of nitrogens with zero attached hydrogens (tertiary/aromatic N) is 4. The molecule has 2 aromatic carbocycles. The number of benzene rings is 2. The summed E-state index contributed by atoms with van der Waals surface area (Å²) < 4.78 is 3.45. The lowest BCUT2D eigenvalue weighted by Gasteiger charge is -2.28. The number of amides is 2. The van der Waals surface area contributed by atoms with Crippen LogP contribution in [-0.4, -0.2) is 31.4 Å². The Morgan fingerprint density at radius 2 is 1.18 bits per heavy atom. The highest BCUT2D eigenvalue weighted by Gasteiger charge is 2.32. The van der Waals surface area contributed by atoms with Gasteiger partial charge in [-0.05, 0) is 55.7 Å². The molecule has 0 aliphatic heterocycles. The fourth-order valence-corrected chi connectivity index (χ4v) is 4.52. The van der Waals surface area contributed by atoms with Gasteiger partial charge in [-0.3, -0.25) is 9.59 Å². The van der Waals surface area contributed by atoms with Crippen molar-refractivity contribution in [1.29, 1.82) is 0 Å². The van der Waals surface area contributed by atoms with Crippen molar-refractivity contribution in [2.45, 2.75) is 25.7 Å². The maximum Gasteiger partial charge on any atom is 0.227 e. The molecule has 2 heterocycles. The second-order valence-corrected chi connectivity index (χ2v) is 8.47. The molecular weight excluding hydrogens is 428 g/mol. The smallest absolute Gasteiger partial charge is 0.227 e. The second kappa shape index (κ2) is 9.74.